The third kappa shape index (κ3) is 6.22. The van der Waals surface area contributed by atoms with Crippen LogP contribution in [0.1, 0.15) is 6.92 Å². The summed E-state index contributed by atoms with van der Waals surface area (Å²) in [5, 5.41) is 10.3. The molecule has 0 fully saturated rings. The van der Waals surface area contributed by atoms with Gasteiger partial charge in [0.2, 0.25) is 0 Å². The second-order valence-corrected chi connectivity index (χ2v) is 1.83. The fourth-order valence-electron chi connectivity index (χ4n) is 0.440. The monoisotopic (exact) mass is 211 g/mol. The Balaban J connectivity index is 0. The second kappa shape index (κ2) is 8.70. The average molecular weight is 211 g/mol. The molecule has 13 heavy (non-hydrogen) atoms. The fraction of sp³-hybridized carbons (Fsp3) is 0.429. The second-order valence-electron chi connectivity index (χ2n) is 1.83. The smallest absolute Gasteiger partial charge is 0.876 e. The molecule has 0 aliphatic rings. The first-order valence-corrected chi connectivity index (χ1v) is 3.15. The molecule has 0 rings (SSSR count). The Kier molecular flexibility index (Phi) is 10.4. The average Bonchev–Trinajstić information content (AvgIpc) is 2.12. The van der Waals surface area contributed by atoms with Crippen molar-refractivity contribution in [3.63, 3.8) is 0 Å². The normalized spacial score (nSPS) is 11.6. The fourth-order valence-corrected chi connectivity index (χ4v) is 0.440. The van der Waals surface area contributed by atoms with Crippen molar-refractivity contribution < 1.29 is 70.8 Å². The van der Waals surface area contributed by atoms with E-state index in [0.717, 1.165) is 0 Å². The first-order valence-electron chi connectivity index (χ1n) is 3.15. The topological polar surface area (TPSA) is 71.0 Å². The summed E-state index contributed by atoms with van der Waals surface area (Å²) in [5.74, 6) is -0.552. The van der Waals surface area contributed by atoms with Crippen LogP contribution in [0.25, 0.3) is 0 Å². The number of rotatable bonds is 2. The molecule has 0 amide bonds. The van der Waals surface area contributed by atoms with E-state index in [9.17, 15) is 9.90 Å². The Bertz CT molecular complexity index is 225. The number of hydrogen-bond donors (Lipinski definition) is 0. The van der Waals surface area contributed by atoms with E-state index in [1.165, 1.54) is 21.1 Å². The van der Waals surface area contributed by atoms with Gasteiger partial charge in [0.1, 0.15) is 5.70 Å². The van der Waals surface area contributed by atoms with Gasteiger partial charge in [0.05, 0.1) is 14.2 Å². The molecule has 0 aromatic heterocycles. The van der Waals surface area contributed by atoms with E-state index in [0.29, 0.717) is 6.26 Å². The zero-order valence-corrected chi connectivity index (χ0v) is 11.3. The quantitative estimate of drug-likeness (QED) is 0.118. The van der Waals surface area contributed by atoms with Crippen molar-refractivity contribution in [1.29, 1.82) is 0 Å². The molecule has 0 atom stereocenters. The molecule has 0 aliphatic heterocycles. The predicted molar refractivity (Wildman–Crippen MR) is 40.2 cm³/mol. The van der Waals surface area contributed by atoms with E-state index in [1.807, 2.05) is 0 Å². The van der Waals surface area contributed by atoms with Crippen molar-refractivity contribution in [1.82, 2.24) is 0 Å². The molecule has 0 bridgehead atoms. The van der Waals surface area contributed by atoms with Crippen LogP contribution < -0.4 is 56.5 Å². The molecule has 0 aromatic carbocycles. The van der Waals surface area contributed by atoms with Crippen LogP contribution in [0.5, 0.6) is 0 Å². The maximum absolute atomic E-state index is 10.7. The summed E-state index contributed by atoms with van der Waals surface area (Å²) < 4.78 is 8.92. The maximum atomic E-state index is 10.7. The minimum atomic E-state index is -0.776. The number of nitrogens with zero attached hydrogens (tertiary/aromatic N) is 1. The number of methoxy groups -OCH3 is 2. The van der Waals surface area contributed by atoms with E-state index in [4.69, 9.17) is 0 Å². The van der Waals surface area contributed by atoms with Crippen molar-refractivity contribution in [2.24, 2.45) is 4.99 Å². The molecular weight excluding hydrogens is 201 g/mol. The van der Waals surface area contributed by atoms with Crippen LogP contribution in [-0.2, 0) is 14.3 Å². The van der Waals surface area contributed by atoms with Crippen molar-refractivity contribution in [3.8, 4) is 0 Å². The zero-order valence-electron chi connectivity index (χ0n) is 8.16. The summed E-state index contributed by atoms with van der Waals surface area (Å²) >= 11 is 0. The largest absolute Gasteiger partial charge is 1.00 e. The van der Waals surface area contributed by atoms with Crippen molar-refractivity contribution in [3.05, 3.63) is 12.0 Å². The summed E-state index contributed by atoms with van der Waals surface area (Å²) in [5.41, 5.74) is -0.308. The Morgan fingerprint density at radius 3 is 2.23 bits per heavy atom. The van der Waals surface area contributed by atoms with E-state index in [-0.39, 0.29) is 63.0 Å². The molecule has 0 radical (unpaired) electrons. The Labute approximate surface area is 119 Å². The Morgan fingerprint density at radius 1 is 1.38 bits per heavy atom. The van der Waals surface area contributed by atoms with Gasteiger partial charge in [-0.2, -0.15) is 0 Å². The molecule has 5 nitrogen and oxygen atoms in total. The summed E-state index contributed by atoms with van der Waals surface area (Å²) in [6.07, 6.45) is 0.314. The molecule has 0 saturated carbocycles. The van der Waals surface area contributed by atoms with Gasteiger partial charge in [-0.15, -0.1) is 6.26 Å². The Morgan fingerprint density at radius 2 is 1.92 bits per heavy atom. The Hall–Kier alpha value is 0.116. The van der Waals surface area contributed by atoms with Crippen LogP contribution in [0.4, 0.5) is 0 Å². The van der Waals surface area contributed by atoms with Crippen LogP contribution >= 0.6 is 0 Å². The van der Waals surface area contributed by atoms with Gasteiger partial charge in [-0.1, -0.05) is 0 Å². The molecule has 0 saturated heterocycles. The molecule has 68 valence electrons. The minimum absolute atomic E-state index is 0. The number of esters is 1. The van der Waals surface area contributed by atoms with Gasteiger partial charge in [-0.05, 0) is 0 Å². The van der Waals surface area contributed by atoms with E-state index in [1.54, 1.807) is 0 Å². The van der Waals surface area contributed by atoms with Crippen molar-refractivity contribution in [2.45, 2.75) is 6.92 Å². The third-order valence-corrected chi connectivity index (χ3v) is 1.08. The predicted octanol–water partition coefficient (Wildman–Crippen LogP) is -3.57. The standard InChI is InChI=1S/C7H11NO4.K/c1-5(11-2)8-6(4-9)7(10)12-3;/h4,9H,1-3H3;/q;+1/p-1/b6-4+,8-5?;. The summed E-state index contributed by atoms with van der Waals surface area (Å²) in [4.78, 5) is 14.3. The van der Waals surface area contributed by atoms with Crippen LogP contribution in [0.3, 0.4) is 0 Å². The first-order chi connectivity index (χ1) is 5.65. The molecular formula is C7H10KNO4. The van der Waals surface area contributed by atoms with Crippen LogP contribution in [-0.4, -0.2) is 26.1 Å². The molecule has 0 unspecified atom stereocenters. The van der Waals surface area contributed by atoms with Gasteiger partial charge < -0.3 is 14.6 Å². The van der Waals surface area contributed by atoms with Crippen molar-refractivity contribution in [2.75, 3.05) is 14.2 Å². The maximum Gasteiger partial charge on any atom is 1.00 e. The number of carbonyl (C=O) groups excluding carboxylic acids is 1. The number of carbonyl (C=O) groups is 1. The van der Waals surface area contributed by atoms with Crippen LogP contribution in [0.2, 0.25) is 0 Å². The van der Waals surface area contributed by atoms with Crippen LogP contribution in [0.15, 0.2) is 17.0 Å². The third-order valence-electron chi connectivity index (χ3n) is 1.08. The minimum Gasteiger partial charge on any atom is -0.876 e. The van der Waals surface area contributed by atoms with Gasteiger partial charge in [-0.3, -0.25) is 0 Å². The van der Waals surface area contributed by atoms with Gasteiger partial charge in [0.15, 0.2) is 5.90 Å². The summed E-state index contributed by atoms with van der Waals surface area (Å²) in [6, 6.07) is 0. The summed E-state index contributed by atoms with van der Waals surface area (Å²) in [6.45, 7) is 1.52. The van der Waals surface area contributed by atoms with E-state index >= 15 is 0 Å². The molecule has 0 heterocycles. The van der Waals surface area contributed by atoms with Gasteiger partial charge in [0, 0.05) is 6.92 Å². The van der Waals surface area contributed by atoms with E-state index in [2.05, 4.69) is 14.5 Å². The number of ether oxygens (including phenoxy) is 2. The SMILES string of the molecule is COC(=O)/C(=C\[O-])N=C(C)OC.[K+]. The molecule has 0 aliphatic carbocycles. The first kappa shape index (κ1) is 15.6. The van der Waals surface area contributed by atoms with Gasteiger partial charge in [-0.25, -0.2) is 9.79 Å². The number of hydrogen-bond acceptors (Lipinski definition) is 5. The molecule has 0 N–H and O–H groups in total. The van der Waals surface area contributed by atoms with E-state index < -0.39 is 5.97 Å². The van der Waals surface area contributed by atoms with Gasteiger partial charge in [0.25, 0.3) is 0 Å². The van der Waals surface area contributed by atoms with Crippen molar-refractivity contribution >= 4 is 11.9 Å². The number of aliphatic imine (C=N–C) groups is 1. The zero-order chi connectivity index (χ0) is 9.56. The summed E-state index contributed by atoms with van der Waals surface area (Å²) in [7, 11) is 2.56. The van der Waals surface area contributed by atoms with Gasteiger partial charge >= 0.3 is 57.4 Å². The molecule has 6 heteroatoms. The van der Waals surface area contributed by atoms with Crippen LogP contribution in [0, 0.1) is 0 Å². The molecule has 0 spiro atoms. The molecule has 0 aromatic rings.